The van der Waals surface area contributed by atoms with Gasteiger partial charge in [0.15, 0.2) is 0 Å². The van der Waals surface area contributed by atoms with Crippen LogP contribution >= 0.6 is 0 Å². The third kappa shape index (κ3) is 9.34. The van der Waals surface area contributed by atoms with Crippen molar-refractivity contribution >= 4 is 40.7 Å². The van der Waals surface area contributed by atoms with Crippen LogP contribution in [0.2, 0.25) is 0 Å². The number of amides is 4. The van der Waals surface area contributed by atoms with E-state index in [-0.39, 0.29) is 53.2 Å². The first-order valence-corrected chi connectivity index (χ1v) is 23.5. The Morgan fingerprint density at radius 3 is 1.88 bits per heavy atom. The fourth-order valence-electron chi connectivity index (χ4n) is 10.2. The molecule has 2 aromatic heterocycles. The highest BCUT2D eigenvalue weighted by Crippen LogP contribution is 2.48. The topological polar surface area (TPSA) is 189 Å². The average Bonchev–Trinajstić information content (AvgIpc) is 4.15. The Morgan fingerprint density at radius 2 is 1.30 bits per heavy atom. The van der Waals surface area contributed by atoms with Crippen molar-refractivity contribution in [2.24, 2.45) is 11.8 Å². The first kappa shape index (κ1) is 46.2. The zero-order chi connectivity index (χ0) is 47.0. The van der Waals surface area contributed by atoms with E-state index in [2.05, 4.69) is 113 Å². The molecule has 0 bridgehead atoms. The smallest absolute Gasteiger partial charge is 0.407 e. The van der Waals surface area contributed by atoms with E-state index in [1.54, 1.807) is 4.90 Å². The van der Waals surface area contributed by atoms with Gasteiger partial charge in [-0.15, -0.1) is 0 Å². The lowest BCUT2D eigenvalue weighted by molar-refractivity contribution is -0.136. The van der Waals surface area contributed by atoms with Gasteiger partial charge in [-0.3, -0.25) is 9.59 Å². The summed E-state index contributed by atoms with van der Waals surface area (Å²) in [7, 11) is 1.30. The molecule has 3 fully saturated rings. The van der Waals surface area contributed by atoms with Crippen LogP contribution in [0.25, 0.3) is 22.3 Å². The Kier molecular flexibility index (Phi) is 13.2. The lowest BCUT2D eigenvalue weighted by atomic mass is 9.87. The zero-order valence-electron chi connectivity index (χ0n) is 39.4. The van der Waals surface area contributed by atoms with Crippen LogP contribution in [0.1, 0.15) is 139 Å². The Balaban J connectivity index is 1.04. The van der Waals surface area contributed by atoms with E-state index in [9.17, 15) is 24.3 Å². The van der Waals surface area contributed by atoms with E-state index < -0.39 is 24.3 Å². The maximum atomic E-state index is 13.9. The number of rotatable bonds is 12. The number of benzene rings is 3. The van der Waals surface area contributed by atoms with Crippen molar-refractivity contribution in [3.05, 3.63) is 101 Å². The Bertz CT molecular complexity index is 2540. The van der Waals surface area contributed by atoms with Gasteiger partial charge in [-0.05, 0) is 102 Å². The largest absolute Gasteiger partial charge is 0.465 e. The fraction of sp³-hybridized carbons (Fsp3) is 0.490. The lowest BCUT2D eigenvalue weighted by Gasteiger charge is -2.34. The number of carbonyl (C=O) groups excluding carboxylic acids is 3. The number of hydrogen-bond donors (Lipinski definition) is 5. The van der Waals surface area contributed by atoms with Gasteiger partial charge >= 0.3 is 12.2 Å². The SMILES string of the molecule is COC(=O)N[C@H](C(=O)N1CCC[C@H]1c1nc2ccc([C@@H]3CC[C@@H](c4ccc(-c5cnc([C@@H]6CCCN6C(=O)[C@@H](NC(=O)O)C(C)C)[nH]5)cc4)N3c3ccc(C(C)(C)C)cc3)cc2[nH]1)C(C)C. The van der Waals surface area contributed by atoms with Crippen LogP contribution < -0.4 is 15.5 Å². The van der Waals surface area contributed by atoms with Gasteiger partial charge in [0.25, 0.3) is 0 Å². The second kappa shape index (κ2) is 18.8. The molecule has 5 heterocycles. The van der Waals surface area contributed by atoms with Gasteiger partial charge in [-0.2, -0.15) is 0 Å². The molecule has 15 heteroatoms. The molecule has 4 amide bonds. The van der Waals surface area contributed by atoms with Crippen LogP contribution in [-0.2, 0) is 19.7 Å². The molecule has 5 aromatic rings. The predicted molar refractivity (Wildman–Crippen MR) is 254 cm³/mol. The number of carbonyl (C=O) groups is 4. The van der Waals surface area contributed by atoms with Crippen LogP contribution in [0.3, 0.4) is 0 Å². The maximum absolute atomic E-state index is 13.9. The first-order chi connectivity index (χ1) is 31.5. The van der Waals surface area contributed by atoms with Crippen molar-refractivity contribution in [1.29, 1.82) is 0 Å². The number of H-pyrrole nitrogens is 2. The molecule has 3 saturated heterocycles. The first-order valence-electron chi connectivity index (χ1n) is 23.5. The Hall–Kier alpha value is -6.38. The number of aromatic nitrogens is 4. The van der Waals surface area contributed by atoms with E-state index in [0.717, 1.165) is 72.3 Å². The fourth-order valence-corrected chi connectivity index (χ4v) is 10.2. The summed E-state index contributed by atoms with van der Waals surface area (Å²) in [6.07, 6.45) is 5.04. The van der Waals surface area contributed by atoms with Gasteiger partial charge in [0.05, 0.1) is 54.2 Å². The summed E-state index contributed by atoms with van der Waals surface area (Å²) in [5.41, 5.74) is 8.43. The summed E-state index contributed by atoms with van der Waals surface area (Å²) >= 11 is 0. The summed E-state index contributed by atoms with van der Waals surface area (Å²) < 4.78 is 4.83. The maximum Gasteiger partial charge on any atom is 0.407 e. The van der Waals surface area contributed by atoms with Gasteiger partial charge in [-0.25, -0.2) is 19.6 Å². The van der Waals surface area contributed by atoms with Crippen molar-refractivity contribution in [1.82, 2.24) is 40.4 Å². The molecule has 0 unspecified atom stereocenters. The quantitative estimate of drug-likeness (QED) is 0.0813. The van der Waals surface area contributed by atoms with Crippen LogP contribution in [0.4, 0.5) is 15.3 Å². The number of imidazole rings is 2. The molecule has 0 spiro atoms. The molecule has 8 rings (SSSR count). The lowest BCUT2D eigenvalue weighted by Crippen LogP contribution is -2.51. The molecule has 3 aliphatic rings. The number of likely N-dealkylation sites (tertiary alicyclic amines) is 2. The highest BCUT2D eigenvalue weighted by atomic mass is 16.5. The number of carboxylic acid groups (broad SMARTS) is 1. The molecule has 0 radical (unpaired) electrons. The Morgan fingerprint density at radius 1 is 0.727 bits per heavy atom. The number of methoxy groups -OCH3 is 1. The summed E-state index contributed by atoms with van der Waals surface area (Å²) in [4.78, 5) is 74.1. The third-order valence-electron chi connectivity index (χ3n) is 13.8. The second-order valence-corrected chi connectivity index (χ2v) is 19.9. The third-order valence-corrected chi connectivity index (χ3v) is 13.8. The molecule has 0 aliphatic carbocycles. The average molecular weight is 900 g/mol. The minimum absolute atomic E-state index is 0.0147. The second-order valence-electron chi connectivity index (χ2n) is 19.9. The monoisotopic (exact) mass is 900 g/mol. The number of anilines is 1. The minimum Gasteiger partial charge on any atom is -0.465 e. The number of ether oxygens (including phenoxy) is 1. The van der Waals surface area contributed by atoms with Gasteiger partial charge in [-0.1, -0.05) is 90.9 Å². The number of aromatic amines is 2. The summed E-state index contributed by atoms with van der Waals surface area (Å²) in [6.45, 7) is 15.4. The van der Waals surface area contributed by atoms with Crippen molar-refractivity contribution in [2.75, 3.05) is 25.1 Å². The van der Waals surface area contributed by atoms with Gasteiger partial charge in [0.1, 0.15) is 23.7 Å². The highest BCUT2D eigenvalue weighted by Gasteiger charge is 2.40. The van der Waals surface area contributed by atoms with Crippen LogP contribution in [0.15, 0.2) is 72.9 Å². The predicted octanol–water partition coefficient (Wildman–Crippen LogP) is 9.33. The number of nitrogens with one attached hydrogen (secondary N) is 4. The highest BCUT2D eigenvalue weighted by molar-refractivity contribution is 5.87. The molecule has 15 nitrogen and oxygen atoms in total. The van der Waals surface area contributed by atoms with Crippen molar-refractivity contribution in [3.8, 4) is 11.3 Å². The van der Waals surface area contributed by atoms with E-state index in [4.69, 9.17) is 14.7 Å². The standard InChI is InChI=1S/C51H65N9O6/c1-29(2)43(56-49(63)64)47(61)58-25-9-11-41(58)45-52-28-38(55-45)31-13-15-32(16-14-31)39-23-24-40(60(39)35-20-18-34(19-21-35)51(5,6)7)33-17-22-36-37(27-33)54-46(53-36)42-12-10-26-59(42)48(62)44(30(3)4)57-50(65)66-8/h13-22,27-30,39-44,56H,9-12,23-26H2,1-8H3,(H,52,55)(H,53,54)(H,57,65)(H,63,64)/t39-,40-,41-,42-,43-,44-/m0/s1. The van der Waals surface area contributed by atoms with E-state index in [1.165, 1.54) is 23.8 Å². The van der Waals surface area contributed by atoms with Crippen LogP contribution in [0.5, 0.6) is 0 Å². The molecular formula is C51H65N9O6. The Labute approximate surface area is 387 Å². The molecule has 5 N–H and O–H groups in total. The molecule has 6 atom stereocenters. The van der Waals surface area contributed by atoms with E-state index in [1.807, 2.05) is 38.8 Å². The van der Waals surface area contributed by atoms with E-state index >= 15 is 0 Å². The molecule has 3 aromatic carbocycles. The number of alkyl carbamates (subject to hydrolysis) is 1. The van der Waals surface area contributed by atoms with Crippen molar-refractivity contribution in [3.63, 3.8) is 0 Å². The molecule has 3 aliphatic heterocycles. The van der Waals surface area contributed by atoms with Gasteiger partial charge in [0, 0.05) is 18.8 Å². The van der Waals surface area contributed by atoms with Gasteiger partial charge < -0.3 is 45.1 Å². The van der Waals surface area contributed by atoms with Crippen LogP contribution in [0, 0.1) is 11.8 Å². The molecular weight excluding hydrogens is 835 g/mol. The molecule has 66 heavy (non-hydrogen) atoms. The normalized spacial score (nSPS) is 20.9. The molecule has 350 valence electrons. The summed E-state index contributed by atoms with van der Waals surface area (Å²) in [6, 6.07) is 22.3. The van der Waals surface area contributed by atoms with Gasteiger partial charge in [0.2, 0.25) is 11.8 Å². The summed E-state index contributed by atoms with van der Waals surface area (Å²) in [5, 5.41) is 14.6. The molecule has 0 saturated carbocycles. The summed E-state index contributed by atoms with van der Waals surface area (Å²) in [5.74, 6) is 0.771. The zero-order valence-corrected chi connectivity index (χ0v) is 39.4. The number of hydrogen-bond acceptors (Lipinski definition) is 8. The van der Waals surface area contributed by atoms with E-state index in [0.29, 0.717) is 18.9 Å². The van der Waals surface area contributed by atoms with Crippen molar-refractivity contribution < 1.29 is 29.0 Å². The van der Waals surface area contributed by atoms with Crippen molar-refractivity contribution in [2.45, 2.75) is 129 Å². The van der Waals surface area contributed by atoms with Crippen LogP contribution in [-0.4, -0.2) is 91.1 Å². The number of fused-ring (bicyclic) bond motifs is 1. The minimum atomic E-state index is -1.21. The number of nitrogens with zero attached hydrogens (tertiary/aromatic N) is 5.